The van der Waals surface area contributed by atoms with Gasteiger partial charge >= 0.3 is 0 Å². The highest BCUT2D eigenvalue weighted by atomic mass is 32.2. The zero-order chi connectivity index (χ0) is 17.1. The number of sulfonamides is 1. The molecule has 1 aromatic rings. The average molecular weight is 353 g/mol. The summed E-state index contributed by atoms with van der Waals surface area (Å²) in [4.78, 5) is 14.2. The molecule has 2 aliphatic heterocycles. The molecule has 3 atom stereocenters. The van der Waals surface area contributed by atoms with Crippen LogP contribution in [0.15, 0.2) is 17.7 Å². The number of carbonyl (C=O) groups is 1. The number of alkyl halides is 1. The molecule has 0 aromatic carbocycles. The molecule has 130 valence electrons. The van der Waals surface area contributed by atoms with Gasteiger partial charge in [0.25, 0.3) is 5.91 Å². The van der Waals surface area contributed by atoms with Crippen molar-refractivity contribution in [2.75, 3.05) is 12.4 Å². The van der Waals surface area contributed by atoms with Crippen molar-refractivity contribution in [3.05, 3.63) is 34.7 Å². The molecule has 0 spiro atoms. The Labute approximate surface area is 140 Å². The van der Waals surface area contributed by atoms with Crippen molar-refractivity contribution in [2.24, 2.45) is 5.73 Å². The maximum Gasteiger partial charge on any atom is 0.265 e. The lowest BCUT2D eigenvalue weighted by atomic mass is 9.97. The van der Waals surface area contributed by atoms with E-state index >= 15 is 0 Å². The smallest absolute Gasteiger partial charge is 0.265 e. The van der Waals surface area contributed by atoms with E-state index in [1.165, 1.54) is 5.57 Å². The van der Waals surface area contributed by atoms with Crippen molar-refractivity contribution < 1.29 is 17.6 Å². The molecule has 1 amide bonds. The molecule has 6 nitrogen and oxygen atoms in total. The number of rotatable bonds is 6. The van der Waals surface area contributed by atoms with Crippen LogP contribution in [0, 0.1) is 0 Å². The molecule has 1 aromatic heterocycles. The molecule has 3 heterocycles. The van der Waals surface area contributed by atoms with E-state index in [-0.39, 0.29) is 30.2 Å². The highest BCUT2D eigenvalue weighted by Crippen LogP contribution is 2.53. The number of carbonyl (C=O) groups excluding carboxylic acids is 1. The minimum atomic E-state index is -3.40. The van der Waals surface area contributed by atoms with Crippen LogP contribution >= 0.6 is 0 Å². The number of halogens is 1. The van der Waals surface area contributed by atoms with Gasteiger partial charge < -0.3 is 10.7 Å². The Morgan fingerprint density at radius 2 is 2.21 bits per heavy atom. The van der Waals surface area contributed by atoms with Gasteiger partial charge in [0.05, 0.1) is 12.4 Å². The van der Waals surface area contributed by atoms with Gasteiger partial charge in [0.2, 0.25) is 10.0 Å². The zero-order valence-electron chi connectivity index (χ0n) is 13.2. The molecular weight excluding hydrogens is 333 g/mol. The van der Waals surface area contributed by atoms with Crippen molar-refractivity contribution in [1.82, 2.24) is 9.29 Å². The Morgan fingerprint density at radius 1 is 1.42 bits per heavy atom. The minimum Gasteiger partial charge on any atom is -0.364 e. The average Bonchev–Trinajstić information content (AvgIpc) is 2.87. The fourth-order valence-corrected chi connectivity index (χ4v) is 6.11. The van der Waals surface area contributed by atoms with E-state index in [1.54, 1.807) is 10.4 Å². The molecule has 4 rings (SSSR count). The van der Waals surface area contributed by atoms with Gasteiger partial charge in [-0.15, -0.1) is 0 Å². The highest BCUT2D eigenvalue weighted by molar-refractivity contribution is 7.89. The molecule has 3 unspecified atom stereocenters. The maximum atomic E-state index is 12.5. The highest BCUT2D eigenvalue weighted by Gasteiger charge is 2.48. The number of fused-ring (bicyclic) bond motifs is 3. The van der Waals surface area contributed by atoms with E-state index in [0.29, 0.717) is 12.1 Å². The molecule has 0 saturated carbocycles. The summed E-state index contributed by atoms with van der Waals surface area (Å²) >= 11 is 0. The second-order valence-electron chi connectivity index (χ2n) is 6.78. The van der Waals surface area contributed by atoms with E-state index in [4.69, 9.17) is 5.73 Å². The Bertz CT molecular complexity index is 808. The van der Waals surface area contributed by atoms with Crippen LogP contribution in [0.1, 0.15) is 53.3 Å². The number of nitrogens with one attached hydrogen (secondary N) is 1. The van der Waals surface area contributed by atoms with Crippen molar-refractivity contribution in [2.45, 2.75) is 43.7 Å². The quantitative estimate of drug-likeness (QED) is 0.757. The van der Waals surface area contributed by atoms with Crippen LogP contribution in [0.5, 0.6) is 0 Å². The second kappa shape index (κ2) is 5.42. The summed E-state index contributed by atoms with van der Waals surface area (Å²) in [6.45, 7) is -0.609. The number of aromatic nitrogens is 1. The zero-order valence-corrected chi connectivity index (χ0v) is 14.0. The number of primary amides is 1. The minimum absolute atomic E-state index is 0.0262. The Balaban J connectivity index is 1.53. The number of nitrogens with two attached hydrogens (primary N) is 1. The third-order valence-corrected chi connectivity index (χ3v) is 7.27. The van der Waals surface area contributed by atoms with E-state index < -0.39 is 22.6 Å². The van der Waals surface area contributed by atoms with Crippen LogP contribution in [0.2, 0.25) is 0 Å². The van der Waals surface area contributed by atoms with Crippen molar-refractivity contribution >= 4 is 15.9 Å². The lowest BCUT2D eigenvalue weighted by Crippen LogP contribution is -2.44. The molecular formula is C16H20FN3O3S. The standard InChI is InChI=1S/C16H20FN3O3S/c17-4-1-5-24(22,23)20-10-2-3-11(20)7-9(6-10)14-12-8-13(16(18)21)19-15(12)14/h6,8,10-11,14,19H,1-5,7H2,(H2,18,21). The molecule has 1 saturated heterocycles. The second-order valence-corrected chi connectivity index (χ2v) is 8.78. The predicted molar refractivity (Wildman–Crippen MR) is 86.9 cm³/mol. The summed E-state index contributed by atoms with van der Waals surface area (Å²) < 4.78 is 38.9. The first-order valence-corrected chi connectivity index (χ1v) is 9.83. The Morgan fingerprint density at radius 3 is 2.79 bits per heavy atom. The first-order valence-electron chi connectivity index (χ1n) is 8.22. The molecule has 24 heavy (non-hydrogen) atoms. The van der Waals surface area contributed by atoms with Crippen LogP contribution in [0.4, 0.5) is 4.39 Å². The first kappa shape index (κ1) is 15.8. The number of amides is 1. The molecule has 2 bridgehead atoms. The number of hydrogen-bond acceptors (Lipinski definition) is 3. The Kier molecular flexibility index (Phi) is 3.58. The van der Waals surface area contributed by atoms with E-state index in [1.807, 2.05) is 0 Å². The molecule has 1 fully saturated rings. The summed E-state index contributed by atoms with van der Waals surface area (Å²) in [5, 5.41) is 0. The summed E-state index contributed by atoms with van der Waals surface area (Å²) in [6.07, 6.45) is 4.46. The number of H-pyrrole nitrogens is 1. The van der Waals surface area contributed by atoms with E-state index in [9.17, 15) is 17.6 Å². The molecule has 8 heteroatoms. The van der Waals surface area contributed by atoms with Crippen molar-refractivity contribution in [3.8, 4) is 0 Å². The monoisotopic (exact) mass is 353 g/mol. The summed E-state index contributed by atoms with van der Waals surface area (Å²) in [5.74, 6) is -0.403. The van der Waals surface area contributed by atoms with E-state index in [2.05, 4.69) is 11.1 Å². The normalized spacial score (nSPS) is 28.5. The Hall–Kier alpha value is -1.67. The number of hydrogen-bond donors (Lipinski definition) is 2. The molecule has 0 radical (unpaired) electrons. The van der Waals surface area contributed by atoms with Gasteiger partial charge in [0.1, 0.15) is 5.69 Å². The van der Waals surface area contributed by atoms with Crippen molar-refractivity contribution in [1.29, 1.82) is 0 Å². The van der Waals surface area contributed by atoms with Crippen molar-refractivity contribution in [3.63, 3.8) is 0 Å². The van der Waals surface area contributed by atoms with Gasteiger partial charge in [-0.2, -0.15) is 4.31 Å². The summed E-state index contributed by atoms with van der Waals surface area (Å²) in [6, 6.07) is 1.64. The maximum absolute atomic E-state index is 12.5. The molecule has 3 aliphatic rings. The topological polar surface area (TPSA) is 96.3 Å². The van der Waals surface area contributed by atoms with E-state index in [0.717, 1.165) is 24.1 Å². The third kappa shape index (κ3) is 2.39. The first-order chi connectivity index (χ1) is 11.4. The van der Waals surface area contributed by atoms with Gasteiger partial charge in [-0.3, -0.25) is 9.18 Å². The summed E-state index contributed by atoms with van der Waals surface area (Å²) in [7, 11) is -3.40. The largest absolute Gasteiger partial charge is 0.364 e. The van der Waals surface area contributed by atoms with Crippen LogP contribution in [0.25, 0.3) is 0 Å². The fraction of sp³-hybridized carbons (Fsp3) is 0.562. The van der Waals surface area contributed by atoms with Gasteiger partial charge in [0, 0.05) is 23.7 Å². The van der Waals surface area contributed by atoms with Crippen LogP contribution in [-0.4, -0.2) is 48.1 Å². The lowest BCUT2D eigenvalue weighted by Gasteiger charge is -2.33. The number of aromatic amines is 1. The summed E-state index contributed by atoms with van der Waals surface area (Å²) in [5.41, 5.74) is 9.00. The van der Waals surface area contributed by atoms with Crippen LogP contribution < -0.4 is 5.73 Å². The van der Waals surface area contributed by atoms with Crippen LogP contribution in [-0.2, 0) is 10.0 Å². The SMILES string of the molecule is NC(=O)c1cc2c([nH]1)C2C1=CC2CCC(C1)N2S(=O)(=O)CCCF. The molecule has 3 N–H and O–H groups in total. The number of nitrogens with zero attached hydrogens (tertiary/aromatic N) is 1. The van der Waals surface area contributed by atoms with Gasteiger partial charge in [-0.1, -0.05) is 11.6 Å². The van der Waals surface area contributed by atoms with Gasteiger partial charge in [-0.25, -0.2) is 8.42 Å². The molecule has 1 aliphatic carbocycles. The fourth-order valence-electron chi connectivity index (χ4n) is 4.21. The predicted octanol–water partition coefficient (Wildman–Crippen LogP) is 1.41. The van der Waals surface area contributed by atoms with Gasteiger partial charge in [0.15, 0.2) is 0 Å². The lowest BCUT2D eigenvalue weighted by molar-refractivity contribution is 0.0995. The third-order valence-electron chi connectivity index (χ3n) is 5.25. The van der Waals surface area contributed by atoms with Gasteiger partial charge in [-0.05, 0) is 37.3 Å². The van der Waals surface area contributed by atoms with Crippen LogP contribution in [0.3, 0.4) is 0 Å².